The molecule has 0 saturated heterocycles. The molecule has 0 aromatic heterocycles. The molecule has 0 aliphatic rings. The lowest BCUT2D eigenvalue weighted by atomic mass is 10.2. The minimum Gasteiger partial charge on any atom is -0.484 e. The summed E-state index contributed by atoms with van der Waals surface area (Å²) in [5, 5.41) is 2.74. The van der Waals surface area contributed by atoms with E-state index in [1.807, 2.05) is 25.1 Å². The molecule has 138 valence electrons. The van der Waals surface area contributed by atoms with Crippen molar-refractivity contribution < 1.29 is 19.1 Å². The highest BCUT2D eigenvalue weighted by Crippen LogP contribution is 2.13. The summed E-state index contributed by atoms with van der Waals surface area (Å²) in [6, 6.07) is 14.1. The van der Waals surface area contributed by atoms with E-state index < -0.39 is 0 Å². The Bertz CT molecular complexity index is 725. The second-order valence-electron chi connectivity index (χ2n) is 6.07. The maximum atomic E-state index is 12.0. The molecule has 0 saturated carbocycles. The molecule has 5 nitrogen and oxygen atoms in total. The zero-order valence-electron chi connectivity index (χ0n) is 15.3. The van der Waals surface area contributed by atoms with Gasteiger partial charge >= 0.3 is 5.97 Å². The molecule has 2 rings (SSSR count). The van der Waals surface area contributed by atoms with Crippen LogP contribution in [0.15, 0.2) is 48.5 Å². The molecular formula is C21H25NO4. The molecule has 26 heavy (non-hydrogen) atoms. The Hall–Kier alpha value is -2.82. The van der Waals surface area contributed by atoms with Gasteiger partial charge in [-0.2, -0.15) is 0 Å². The molecule has 2 aromatic rings. The lowest BCUT2D eigenvalue weighted by Crippen LogP contribution is -2.20. The van der Waals surface area contributed by atoms with E-state index in [2.05, 4.69) is 12.2 Å². The fraction of sp³-hybridized carbons (Fsp3) is 0.333. The van der Waals surface area contributed by atoms with E-state index in [0.29, 0.717) is 23.6 Å². The van der Waals surface area contributed by atoms with Crippen molar-refractivity contribution in [2.75, 3.05) is 18.5 Å². The van der Waals surface area contributed by atoms with Gasteiger partial charge in [-0.25, -0.2) is 4.79 Å². The zero-order valence-corrected chi connectivity index (χ0v) is 15.3. The van der Waals surface area contributed by atoms with Crippen molar-refractivity contribution >= 4 is 17.6 Å². The molecule has 0 aliphatic heterocycles. The summed E-state index contributed by atoms with van der Waals surface area (Å²) in [5.41, 5.74) is 2.14. The third-order valence-electron chi connectivity index (χ3n) is 3.74. The van der Waals surface area contributed by atoms with Crippen LogP contribution in [0, 0.1) is 6.92 Å². The number of aryl methyl sites for hydroxylation is 1. The number of carbonyl (C=O) groups is 2. The Morgan fingerprint density at radius 1 is 1.04 bits per heavy atom. The minimum atomic E-state index is -0.346. The highest BCUT2D eigenvalue weighted by Gasteiger charge is 2.08. The van der Waals surface area contributed by atoms with Crippen LogP contribution in [0.4, 0.5) is 5.69 Å². The first-order valence-corrected chi connectivity index (χ1v) is 8.85. The van der Waals surface area contributed by atoms with Gasteiger partial charge < -0.3 is 14.8 Å². The van der Waals surface area contributed by atoms with Crippen LogP contribution >= 0.6 is 0 Å². The number of hydrogen-bond acceptors (Lipinski definition) is 4. The molecule has 2 aromatic carbocycles. The second-order valence-corrected chi connectivity index (χ2v) is 6.07. The first kappa shape index (κ1) is 19.5. The topological polar surface area (TPSA) is 64.6 Å². The fourth-order valence-electron chi connectivity index (χ4n) is 2.34. The SMILES string of the molecule is CCCCCOC(=O)c1ccc(NC(=O)COc2cccc(C)c2)cc1. The molecule has 1 N–H and O–H groups in total. The maximum Gasteiger partial charge on any atom is 0.338 e. The Balaban J connectivity index is 1.78. The molecule has 0 aliphatic carbocycles. The van der Waals surface area contributed by atoms with Gasteiger partial charge in [0.2, 0.25) is 0 Å². The maximum absolute atomic E-state index is 12.0. The number of esters is 1. The van der Waals surface area contributed by atoms with Gasteiger partial charge in [0.15, 0.2) is 6.61 Å². The fourth-order valence-corrected chi connectivity index (χ4v) is 2.34. The average Bonchev–Trinajstić information content (AvgIpc) is 2.64. The van der Waals surface area contributed by atoms with Gasteiger partial charge in [0.25, 0.3) is 5.91 Å². The molecular weight excluding hydrogens is 330 g/mol. The Kier molecular flexibility index (Phi) is 7.68. The van der Waals surface area contributed by atoms with Crippen molar-refractivity contribution in [2.24, 2.45) is 0 Å². The van der Waals surface area contributed by atoms with E-state index in [1.54, 1.807) is 30.3 Å². The molecule has 0 spiro atoms. The third kappa shape index (κ3) is 6.59. The second kappa shape index (κ2) is 10.2. The number of amides is 1. The van der Waals surface area contributed by atoms with E-state index >= 15 is 0 Å². The molecule has 1 amide bonds. The van der Waals surface area contributed by atoms with Crippen LogP contribution in [0.1, 0.15) is 42.1 Å². The number of carbonyl (C=O) groups excluding carboxylic acids is 2. The highest BCUT2D eigenvalue weighted by molar-refractivity contribution is 5.93. The van der Waals surface area contributed by atoms with Gasteiger partial charge in [-0.15, -0.1) is 0 Å². The summed E-state index contributed by atoms with van der Waals surface area (Å²) >= 11 is 0. The van der Waals surface area contributed by atoms with Gasteiger partial charge in [0, 0.05) is 5.69 Å². The largest absolute Gasteiger partial charge is 0.484 e. The predicted molar refractivity (Wildman–Crippen MR) is 102 cm³/mol. The first-order chi connectivity index (χ1) is 12.6. The first-order valence-electron chi connectivity index (χ1n) is 8.85. The molecule has 0 bridgehead atoms. The number of nitrogens with one attached hydrogen (secondary N) is 1. The van der Waals surface area contributed by atoms with Crippen molar-refractivity contribution in [2.45, 2.75) is 33.1 Å². The molecule has 0 heterocycles. The van der Waals surface area contributed by atoms with Crippen molar-refractivity contribution in [3.63, 3.8) is 0 Å². The van der Waals surface area contributed by atoms with Crippen molar-refractivity contribution in [1.29, 1.82) is 0 Å². The standard InChI is InChI=1S/C21H25NO4/c1-3-4-5-13-25-21(24)17-9-11-18(12-10-17)22-20(23)15-26-19-8-6-7-16(2)14-19/h6-12,14H,3-5,13,15H2,1-2H3,(H,22,23). The lowest BCUT2D eigenvalue weighted by molar-refractivity contribution is -0.118. The number of ether oxygens (including phenoxy) is 2. The summed E-state index contributed by atoms with van der Waals surface area (Å²) in [7, 11) is 0. The van der Waals surface area contributed by atoms with Crippen molar-refractivity contribution in [1.82, 2.24) is 0 Å². The number of unbranched alkanes of at least 4 members (excludes halogenated alkanes) is 2. The molecule has 0 fully saturated rings. The van der Waals surface area contributed by atoms with Crippen LogP contribution in [0.5, 0.6) is 5.75 Å². The Labute approximate surface area is 154 Å². The zero-order chi connectivity index (χ0) is 18.8. The van der Waals surface area contributed by atoms with Crippen LogP contribution in [0.2, 0.25) is 0 Å². The number of hydrogen-bond donors (Lipinski definition) is 1. The van der Waals surface area contributed by atoms with Gasteiger partial charge in [-0.1, -0.05) is 31.9 Å². The summed E-state index contributed by atoms with van der Waals surface area (Å²) in [6.45, 7) is 4.41. The predicted octanol–water partition coefficient (Wildman–Crippen LogP) is 4.36. The van der Waals surface area contributed by atoms with Crippen molar-refractivity contribution in [3.8, 4) is 5.75 Å². The quantitative estimate of drug-likeness (QED) is 0.536. The van der Waals surface area contributed by atoms with Crippen molar-refractivity contribution in [3.05, 3.63) is 59.7 Å². The van der Waals surface area contributed by atoms with Gasteiger partial charge in [0.1, 0.15) is 5.75 Å². The summed E-state index contributed by atoms with van der Waals surface area (Å²) in [5.74, 6) is 0.0458. The van der Waals surface area contributed by atoms with Gasteiger partial charge in [-0.05, 0) is 55.3 Å². The summed E-state index contributed by atoms with van der Waals surface area (Å²) in [4.78, 5) is 23.9. The average molecular weight is 355 g/mol. The van der Waals surface area contributed by atoms with Gasteiger partial charge in [-0.3, -0.25) is 4.79 Å². The van der Waals surface area contributed by atoms with E-state index in [1.165, 1.54) is 0 Å². The van der Waals surface area contributed by atoms with Crippen LogP contribution < -0.4 is 10.1 Å². The Morgan fingerprint density at radius 3 is 2.50 bits per heavy atom. The van der Waals surface area contributed by atoms with E-state index in [-0.39, 0.29) is 18.5 Å². The smallest absolute Gasteiger partial charge is 0.338 e. The van der Waals surface area contributed by atoms with Crippen LogP contribution in [0.25, 0.3) is 0 Å². The van der Waals surface area contributed by atoms with Crippen LogP contribution in [-0.2, 0) is 9.53 Å². The number of rotatable bonds is 9. The summed E-state index contributed by atoms with van der Waals surface area (Å²) < 4.78 is 10.7. The Morgan fingerprint density at radius 2 is 1.81 bits per heavy atom. The monoisotopic (exact) mass is 355 g/mol. The van der Waals surface area contributed by atoms with Gasteiger partial charge in [0.05, 0.1) is 12.2 Å². The van der Waals surface area contributed by atoms with E-state index in [9.17, 15) is 9.59 Å². The molecule has 0 unspecified atom stereocenters. The molecule has 0 atom stereocenters. The molecule has 5 heteroatoms. The number of benzene rings is 2. The van der Waals surface area contributed by atoms with E-state index in [4.69, 9.17) is 9.47 Å². The summed E-state index contributed by atoms with van der Waals surface area (Å²) in [6.07, 6.45) is 3.00. The van der Waals surface area contributed by atoms with Crippen LogP contribution in [0.3, 0.4) is 0 Å². The third-order valence-corrected chi connectivity index (χ3v) is 3.74. The number of anilines is 1. The normalized spacial score (nSPS) is 10.2. The highest BCUT2D eigenvalue weighted by atomic mass is 16.5. The molecule has 0 radical (unpaired) electrons. The minimum absolute atomic E-state index is 0.0787. The lowest BCUT2D eigenvalue weighted by Gasteiger charge is -2.09. The van der Waals surface area contributed by atoms with E-state index in [0.717, 1.165) is 24.8 Å². The van der Waals surface area contributed by atoms with Crippen LogP contribution in [-0.4, -0.2) is 25.1 Å².